The molecule has 33 heavy (non-hydrogen) atoms. The summed E-state index contributed by atoms with van der Waals surface area (Å²) in [5.74, 6) is -0.370. The van der Waals surface area contributed by atoms with Crippen LogP contribution in [-0.4, -0.2) is 76.7 Å². The summed E-state index contributed by atoms with van der Waals surface area (Å²) in [6.07, 6.45) is 5.77. The maximum Gasteiger partial charge on any atom is 0.270 e. The number of nitrogens with one attached hydrogen (secondary N) is 2. The predicted octanol–water partition coefficient (Wildman–Crippen LogP) is 1.57. The van der Waals surface area contributed by atoms with Crippen molar-refractivity contribution in [3.05, 3.63) is 51.7 Å². The van der Waals surface area contributed by atoms with Gasteiger partial charge >= 0.3 is 0 Å². The standard InChI is InChI=1S/C24H29FN6O2/c1-14-20(6-5-18(27-14)23(32)26-2)31-9-7-30(8-10-31)13-15-11-17(25)22-19(12-15)28-24(33)21(29-22)16-3-4-16/h5-6,11-12,14,16,20H,3-4,7-10,13H2,1-2H3,(H,26,32)(H,28,33). The van der Waals surface area contributed by atoms with Gasteiger partial charge in [-0.05, 0) is 43.5 Å². The second-order valence-corrected chi connectivity index (χ2v) is 9.20. The van der Waals surface area contributed by atoms with Crippen LogP contribution in [0.5, 0.6) is 0 Å². The average Bonchev–Trinajstić information content (AvgIpc) is 3.64. The van der Waals surface area contributed by atoms with E-state index >= 15 is 0 Å². The van der Waals surface area contributed by atoms with E-state index in [1.165, 1.54) is 6.07 Å². The minimum atomic E-state index is -0.384. The van der Waals surface area contributed by atoms with Gasteiger partial charge < -0.3 is 10.3 Å². The lowest BCUT2D eigenvalue weighted by Crippen LogP contribution is -2.53. The Balaban J connectivity index is 1.23. The molecule has 0 radical (unpaired) electrons. The minimum absolute atomic E-state index is 0.00767. The number of fused-ring (bicyclic) bond motifs is 1. The Hall–Kier alpha value is -2.91. The molecule has 1 saturated heterocycles. The Morgan fingerprint density at radius 2 is 2.00 bits per heavy atom. The van der Waals surface area contributed by atoms with Crippen molar-refractivity contribution in [2.75, 3.05) is 33.2 Å². The molecule has 3 aliphatic rings. The molecule has 2 atom stereocenters. The molecule has 0 bridgehead atoms. The lowest BCUT2D eigenvalue weighted by atomic mass is 10.0. The average molecular weight is 453 g/mol. The number of H-pyrrole nitrogens is 1. The van der Waals surface area contributed by atoms with Gasteiger partial charge in [0.2, 0.25) is 0 Å². The van der Waals surface area contributed by atoms with Crippen LogP contribution in [0.25, 0.3) is 11.0 Å². The zero-order valence-corrected chi connectivity index (χ0v) is 19.0. The van der Waals surface area contributed by atoms with E-state index in [-0.39, 0.29) is 40.8 Å². The molecule has 5 rings (SSSR count). The molecular weight excluding hydrogens is 423 g/mol. The highest BCUT2D eigenvalue weighted by Gasteiger charge is 2.30. The number of amides is 1. The van der Waals surface area contributed by atoms with Crippen LogP contribution in [-0.2, 0) is 11.3 Å². The molecule has 2 aliphatic heterocycles. The molecule has 2 aromatic rings. The van der Waals surface area contributed by atoms with E-state index in [0.717, 1.165) is 44.6 Å². The first-order chi connectivity index (χ1) is 15.9. The summed E-state index contributed by atoms with van der Waals surface area (Å²) in [5, 5.41) is 2.62. The number of carbonyl (C=O) groups is 1. The number of hydrogen-bond donors (Lipinski definition) is 2. The maximum atomic E-state index is 14.8. The number of rotatable bonds is 5. The number of hydrogen-bond acceptors (Lipinski definition) is 6. The number of halogens is 1. The van der Waals surface area contributed by atoms with Crippen LogP contribution in [0.3, 0.4) is 0 Å². The number of carbonyl (C=O) groups excluding carboxylic acids is 1. The van der Waals surface area contributed by atoms with Crippen LogP contribution < -0.4 is 10.9 Å². The Kier molecular flexibility index (Phi) is 5.84. The van der Waals surface area contributed by atoms with Gasteiger partial charge in [0.25, 0.3) is 11.5 Å². The number of aromatic nitrogens is 2. The van der Waals surface area contributed by atoms with E-state index in [1.807, 2.05) is 13.0 Å². The summed E-state index contributed by atoms with van der Waals surface area (Å²) >= 11 is 0. The fraction of sp³-hybridized carbons (Fsp3) is 0.500. The first kappa shape index (κ1) is 21.9. The number of nitrogens with zero attached hydrogens (tertiary/aromatic N) is 4. The van der Waals surface area contributed by atoms with Crippen LogP contribution >= 0.6 is 0 Å². The van der Waals surface area contributed by atoms with E-state index in [2.05, 4.69) is 36.2 Å². The van der Waals surface area contributed by atoms with Gasteiger partial charge in [0.1, 0.15) is 16.9 Å². The highest BCUT2D eigenvalue weighted by molar-refractivity contribution is 6.43. The number of dihydropyridines is 1. The highest BCUT2D eigenvalue weighted by atomic mass is 19.1. The Morgan fingerprint density at radius 3 is 2.67 bits per heavy atom. The number of aromatic amines is 1. The van der Waals surface area contributed by atoms with Crippen molar-refractivity contribution in [1.29, 1.82) is 0 Å². The molecule has 1 saturated carbocycles. The Bertz CT molecular complexity index is 1190. The molecule has 1 aromatic heterocycles. The summed E-state index contributed by atoms with van der Waals surface area (Å²) in [4.78, 5) is 40.5. The van der Waals surface area contributed by atoms with Crippen LogP contribution in [0, 0.1) is 5.82 Å². The topological polar surface area (TPSA) is 93.7 Å². The second kappa shape index (κ2) is 8.79. The first-order valence-corrected chi connectivity index (χ1v) is 11.6. The van der Waals surface area contributed by atoms with Crippen molar-refractivity contribution in [2.45, 2.75) is 44.3 Å². The molecule has 8 nitrogen and oxygen atoms in total. The summed E-state index contributed by atoms with van der Waals surface area (Å²) < 4.78 is 14.8. The van der Waals surface area contributed by atoms with E-state index in [0.29, 0.717) is 23.5 Å². The van der Waals surface area contributed by atoms with Crippen molar-refractivity contribution in [3.63, 3.8) is 0 Å². The predicted molar refractivity (Wildman–Crippen MR) is 125 cm³/mol. The number of aliphatic imine (C=N–C) groups is 1. The third-order valence-electron chi connectivity index (χ3n) is 6.78. The van der Waals surface area contributed by atoms with E-state index in [1.54, 1.807) is 13.1 Å². The quantitative estimate of drug-likeness (QED) is 0.718. The van der Waals surface area contributed by atoms with Gasteiger partial charge in [0.15, 0.2) is 5.82 Å². The molecular formula is C24H29FN6O2. The van der Waals surface area contributed by atoms with Crippen molar-refractivity contribution in [3.8, 4) is 0 Å². The molecule has 174 valence electrons. The highest BCUT2D eigenvalue weighted by Crippen LogP contribution is 2.37. The molecule has 0 spiro atoms. The third-order valence-corrected chi connectivity index (χ3v) is 6.78. The maximum absolute atomic E-state index is 14.8. The van der Waals surface area contributed by atoms with Gasteiger partial charge in [0, 0.05) is 45.7 Å². The number of piperazine rings is 1. The molecule has 3 heterocycles. The van der Waals surface area contributed by atoms with Crippen LogP contribution in [0.1, 0.15) is 36.9 Å². The molecule has 2 N–H and O–H groups in total. The Labute approximate surface area is 191 Å². The lowest BCUT2D eigenvalue weighted by Gasteiger charge is -2.40. The van der Waals surface area contributed by atoms with E-state index < -0.39 is 0 Å². The molecule has 2 unspecified atom stereocenters. The second-order valence-electron chi connectivity index (χ2n) is 9.20. The van der Waals surface area contributed by atoms with Crippen molar-refractivity contribution in [1.82, 2.24) is 25.1 Å². The van der Waals surface area contributed by atoms with Gasteiger partial charge in [0.05, 0.1) is 17.6 Å². The van der Waals surface area contributed by atoms with Crippen LogP contribution in [0.15, 0.2) is 34.1 Å². The van der Waals surface area contributed by atoms with Gasteiger partial charge in [-0.1, -0.05) is 6.08 Å². The lowest BCUT2D eigenvalue weighted by molar-refractivity contribution is -0.114. The van der Waals surface area contributed by atoms with Gasteiger partial charge in [-0.2, -0.15) is 0 Å². The minimum Gasteiger partial charge on any atom is -0.354 e. The smallest absolute Gasteiger partial charge is 0.270 e. The molecule has 1 amide bonds. The third kappa shape index (κ3) is 4.47. The number of benzene rings is 1. The van der Waals surface area contributed by atoms with Gasteiger partial charge in [-0.3, -0.25) is 24.4 Å². The fourth-order valence-electron chi connectivity index (χ4n) is 4.80. The van der Waals surface area contributed by atoms with Crippen molar-refractivity contribution in [2.24, 2.45) is 4.99 Å². The van der Waals surface area contributed by atoms with Crippen molar-refractivity contribution >= 4 is 22.7 Å². The molecule has 1 aromatic carbocycles. The van der Waals surface area contributed by atoms with E-state index in [9.17, 15) is 14.0 Å². The molecule has 2 fully saturated rings. The molecule has 9 heteroatoms. The SMILES string of the molecule is CNC(=O)C1=NC(C)C(N2CCN(Cc3cc(F)c4nc(C5CC5)c(=O)[nH]c4c3)CC2)C=C1. The van der Waals surface area contributed by atoms with Crippen LogP contribution in [0.4, 0.5) is 4.39 Å². The normalized spacial score (nSPS) is 24.2. The summed E-state index contributed by atoms with van der Waals surface area (Å²) in [6.45, 7) is 6.07. The van der Waals surface area contributed by atoms with E-state index in [4.69, 9.17) is 0 Å². The first-order valence-electron chi connectivity index (χ1n) is 11.6. The fourth-order valence-corrected chi connectivity index (χ4v) is 4.80. The van der Waals surface area contributed by atoms with Gasteiger partial charge in [-0.15, -0.1) is 0 Å². The summed E-state index contributed by atoms with van der Waals surface area (Å²) in [7, 11) is 1.61. The van der Waals surface area contributed by atoms with Gasteiger partial charge in [-0.25, -0.2) is 9.37 Å². The van der Waals surface area contributed by atoms with Crippen LogP contribution in [0.2, 0.25) is 0 Å². The Morgan fingerprint density at radius 1 is 1.24 bits per heavy atom. The summed E-state index contributed by atoms with van der Waals surface area (Å²) in [5.41, 5.74) is 2.27. The molecule has 1 aliphatic carbocycles. The monoisotopic (exact) mass is 452 g/mol. The largest absolute Gasteiger partial charge is 0.354 e. The van der Waals surface area contributed by atoms with Crippen molar-refractivity contribution < 1.29 is 9.18 Å². The zero-order chi connectivity index (χ0) is 23.1. The summed E-state index contributed by atoms with van der Waals surface area (Å²) in [6, 6.07) is 3.55. The zero-order valence-electron chi connectivity index (χ0n) is 19.0.